The van der Waals surface area contributed by atoms with Crippen molar-refractivity contribution in [1.82, 2.24) is 4.90 Å². The van der Waals surface area contributed by atoms with Crippen molar-refractivity contribution in [1.29, 1.82) is 0 Å². The van der Waals surface area contributed by atoms with Crippen LogP contribution in [0.2, 0.25) is 0 Å². The molecule has 5 heteroatoms. The van der Waals surface area contributed by atoms with Crippen LogP contribution in [-0.2, 0) is 15.3 Å². The van der Waals surface area contributed by atoms with Crippen molar-refractivity contribution in [2.45, 2.75) is 13.8 Å². The number of nitrogens with zero attached hydrogens (tertiary/aromatic N) is 1. The fourth-order valence-electron chi connectivity index (χ4n) is 0.659. The molecule has 0 aliphatic heterocycles. The molecule has 0 aromatic carbocycles. The first-order valence-electron chi connectivity index (χ1n) is 3.42. The molecular weight excluding hydrogens is 166 g/mol. The van der Waals surface area contributed by atoms with Gasteiger partial charge in [-0.25, -0.2) is 4.21 Å². The molecule has 11 heavy (non-hydrogen) atoms. The second kappa shape index (κ2) is 5.26. The third kappa shape index (κ3) is 2.98. The van der Waals surface area contributed by atoms with E-state index < -0.39 is 16.3 Å². The Morgan fingerprint density at radius 3 is 2.18 bits per heavy atom. The minimum Gasteiger partial charge on any atom is -0.330 e. The Morgan fingerprint density at radius 2 is 1.91 bits per heavy atom. The molecule has 0 saturated heterocycles. The highest BCUT2D eigenvalue weighted by Gasteiger charge is 2.16. The van der Waals surface area contributed by atoms with E-state index in [0.29, 0.717) is 13.1 Å². The lowest BCUT2D eigenvalue weighted by molar-refractivity contribution is 0.224. The summed E-state index contributed by atoms with van der Waals surface area (Å²) in [5.74, 6) is 0. The maximum atomic E-state index is 11.0. The summed E-state index contributed by atoms with van der Waals surface area (Å²) in [6.45, 7) is 4.78. The van der Waals surface area contributed by atoms with E-state index in [4.69, 9.17) is 0 Å². The van der Waals surface area contributed by atoms with Crippen molar-refractivity contribution < 1.29 is 13.2 Å². The largest absolute Gasteiger partial charge is 0.338 e. The van der Waals surface area contributed by atoms with E-state index in [1.54, 1.807) is 0 Å². The molecule has 0 rings (SSSR count). The van der Waals surface area contributed by atoms with Gasteiger partial charge in [0.2, 0.25) is 11.1 Å². The van der Waals surface area contributed by atoms with E-state index >= 15 is 0 Å². The summed E-state index contributed by atoms with van der Waals surface area (Å²) in [7, 11) is 1.25. The fraction of sp³-hybridized carbons (Fsp3) is 0.833. The normalized spacial score (nSPS) is 12.6. The van der Waals surface area contributed by atoms with Gasteiger partial charge in [0.1, 0.15) is 0 Å². The van der Waals surface area contributed by atoms with Crippen LogP contribution in [0, 0.1) is 0 Å². The molecule has 0 radical (unpaired) electrons. The molecule has 66 valence electrons. The van der Waals surface area contributed by atoms with E-state index in [1.165, 1.54) is 12.0 Å². The topological polar surface area (TPSA) is 46.6 Å². The van der Waals surface area contributed by atoms with E-state index in [2.05, 4.69) is 4.18 Å². The smallest absolute Gasteiger partial charge is 0.330 e. The van der Waals surface area contributed by atoms with Gasteiger partial charge in [-0.1, -0.05) is 0 Å². The van der Waals surface area contributed by atoms with Gasteiger partial charge in [-0.15, -0.1) is 0 Å². The van der Waals surface area contributed by atoms with Gasteiger partial charge in [0.05, 0.1) is 7.11 Å². The van der Waals surface area contributed by atoms with Crippen LogP contribution in [0.4, 0.5) is 4.79 Å². The standard InChI is InChI=1S/C6H13NO3S/c1-4-7(5-2)6(8)11(9)10-3/h4-5H2,1-3H3. The Bertz CT molecular complexity index is 156. The zero-order chi connectivity index (χ0) is 8.85. The first kappa shape index (κ1) is 10.6. The Labute approximate surface area is 69.2 Å². The Kier molecular flexibility index (Phi) is 5.06. The summed E-state index contributed by atoms with van der Waals surface area (Å²) in [6.07, 6.45) is 0. The van der Waals surface area contributed by atoms with Crippen molar-refractivity contribution in [2.24, 2.45) is 0 Å². The quantitative estimate of drug-likeness (QED) is 0.642. The molecule has 0 aromatic heterocycles. The van der Waals surface area contributed by atoms with Crippen LogP contribution in [0.25, 0.3) is 0 Å². The van der Waals surface area contributed by atoms with Crippen LogP contribution in [0.1, 0.15) is 13.8 Å². The molecule has 1 unspecified atom stereocenters. The highest BCUT2D eigenvalue weighted by molar-refractivity contribution is 7.95. The molecule has 0 saturated carbocycles. The Morgan fingerprint density at radius 1 is 1.45 bits per heavy atom. The molecule has 0 bridgehead atoms. The molecule has 0 aliphatic carbocycles. The molecule has 0 aromatic rings. The first-order valence-corrected chi connectivity index (χ1v) is 4.50. The summed E-state index contributed by atoms with van der Waals surface area (Å²) in [6, 6.07) is 0. The number of hydrogen-bond donors (Lipinski definition) is 0. The second-order valence-corrected chi connectivity index (χ2v) is 2.99. The maximum absolute atomic E-state index is 11.0. The van der Waals surface area contributed by atoms with E-state index in [1.807, 2.05) is 13.8 Å². The summed E-state index contributed by atoms with van der Waals surface area (Å²) in [4.78, 5) is 12.5. The highest BCUT2D eigenvalue weighted by Crippen LogP contribution is 1.96. The van der Waals surface area contributed by atoms with Crippen LogP contribution < -0.4 is 0 Å². The lowest BCUT2D eigenvalue weighted by atomic mass is 10.6. The van der Waals surface area contributed by atoms with Gasteiger partial charge in [0.15, 0.2) is 0 Å². The third-order valence-electron chi connectivity index (χ3n) is 1.32. The number of carbonyl (C=O) groups is 1. The molecule has 0 spiro atoms. The van der Waals surface area contributed by atoms with Crippen molar-refractivity contribution >= 4 is 16.3 Å². The number of amides is 1. The molecule has 1 amide bonds. The van der Waals surface area contributed by atoms with Gasteiger partial charge < -0.3 is 4.90 Å². The van der Waals surface area contributed by atoms with Gasteiger partial charge in [0, 0.05) is 13.1 Å². The summed E-state index contributed by atoms with van der Waals surface area (Å²) >= 11 is -1.81. The Hall–Kier alpha value is -0.420. The minimum absolute atomic E-state index is 0.461. The van der Waals surface area contributed by atoms with Gasteiger partial charge in [-0.05, 0) is 13.8 Å². The maximum Gasteiger partial charge on any atom is 0.338 e. The molecule has 4 nitrogen and oxygen atoms in total. The zero-order valence-electron chi connectivity index (χ0n) is 6.99. The van der Waals surface area contributed by atoms with Gasteiger partial charge in [-0.3, -0.25) is 8.98 Å². The van der Waals surface area contributed by atoms with Crippen molar-refractivity contribution in [2.75, 3.05) is 20.2 Å². The summed E-state index contributed by atoms with van der Waals surface area (Å²) < 4.78 is 15.1. The average Bonchev–Trinajstić information content (AvgIpc) is 2.05. The van der Waals surface area contributed by atoms with Gasteiger partial charge in [-0.2, -0.15) is 0 Å². The summed E-state index contributed by atoms with van der Waals surface area (Å²) in [5, 5.41) is -0.461. The fourth-order valence-corrected chi connectivity index (χ4v) is 1.27. The molecule has 0 aliphatic rings. The van der Waals surface area contributed by atoms with Crippen LogP contribution >= 0.6 is 0 Å². The second-order valence-electron chi connectivity index (χ2n) is 1.84. The molecule has 0 N–H and O–H groups in total. The van der Waals surface area contributed by atoms with Crippen molar-refractivity contribution in [3.63, 3.8) is 0 Å². The minimum atomic E-state index is -1.81. The molecule has 0 heterocycles. The van der Waals surface area contributed by atoms with Crippen LogP contribution in [0.3, 0.4) is 0 Å². The molecule has 0 fully saturated rings. The summed E-state index contributed by atoms with van der Waals surface area (Å²) in [5.41, 5.74) is 0. The first-order chi connectivity index (χ1) is 5.17. The van der Waals surface area contributed by atoms with Crippen molar-refractivity contribution in [3.05, 3.63) is 0 Å². The van der Waals surface area contributed by atoms with E-state index in [0.717, 1.165) is 0 Å². The van der Waals surface area contributed by atoms with Crippen LogP contribution in [0.5, 0.6) is 0 Å². The lowest BCUT2D eigenvalue weighted by Crippen LogP contribution is -2.32. The van der Waals surface area contributed by atoms with Crippen molar-refractivity contribution in [3.8, 4) is 0 Å². The number of hydrogen-bond acceptors (Lipinski definition) is 3. The van der Waals surface area contributed by atoms with Gasteiger partial charge in [0.25, 0.3) is 0 Å². The molecule has 1 atom stereocenters. The van der Waals surface area contributed by atoms with Gasteiger partial charge >= 0.3 is 5.24 Å². The highest BCUT2D eigenvalue weighted by atomic mass is 32.2. The number of rotatable bonds is 3. The van der Waals surface area contributed by atoms with Crippen LogP contribution in [-0.4, -0.2) is 34.5 Å². The van der Waals surface area contributed by atoms with Crippen LogP contribution in [0.15, 0.2) is 0 Å². The number of carbonyl (C=O) groups excluding carboxylic acids is 1. The monoisotopic (exact) mass is 179 g/mol. The lowest BCUT2D eigenvalue weighted by Gasteiger charge is -2.16. The predicted molar refractivity (Wildman–Crippen MR) is 43.5 cm³/mol. The SMILES string of the molecule is CCN(CC)C(=O)S(=O)OC. The van der Waals surface area contributed by atoms with E-state index in [9.17, 15) is 9.00 Å². The molecular formula is C6H13NO3S. The average molecular weight is 179 g/mol. The Balaban J connectivity index is 4.09. The van der Waals surface area contributed by atoms with E-state index in [-0.39, 0.29) is 0 Å². The predicted octanol–water partition coefficient (Wildman–Crippen LogP) is 0.758. The zero-order valence-corrected chi connectivity index (χ0v) is 7.81. The third-order valence-corrected chi connectivity index (χ3v) is 2.16.